The largest absolute Gasteiger partial charge is 0.318 e. The van der Waals surface area contributed by atoms with Gasteiger partial charge in [-0.2, -0.15) is 0 Å². The zero-order valence-electron chi connectivity index (χ0n) is 5.92. The highest BCUT2D eigenvalue weighted by Crippen LogP contribution is 2.05. The van der Waals surface area contributed by atoms with Gasteiger partial charge in [0.2, 0.25) is 10.0 Å². The molecule has 0 spiro atoms. The molecule has 0 aromatic heterocycles. The standard InChI is InChI=1S/C5H12N2O2S/c1-6-4-5-2-3-10(8,9)7-5/h5-7H,2-4H2,1H3. The van der Waals surface area contributed by atoms with Gasteiger partial charge in [-0.3, -0.25) is 0 Å². The summed E-state index contributed by atoms with van der Waals surface area (Å²) in [5.41, 5.74) is 0. The van der Waals surface area contributed by atoms with Gasteiger partial charge in [0.1, 0.15) is 0 Å². The fourth-order valence-electron chi connectivity index (χ4n) is 1.06. The first-order chi connectivity index (χ1) is 4.64. The molecule has 1 fully saturated rings. The third kappa shape index (κ3) is 1.93. The Balaban J connectivity index is 2.44. The van der Waals surface area contributed by atoms with Crippen LogP contribution in [0.25, 0.3) is 0 Å². The average Bonchev–Trinajstić information content (AvgIpc) is 2.12. The molecular formula is C5H12N2O2S. The van der Waals surface area contributed by atoms with Crippen LogP contribution in [-0.2, 0) is 10.0 Å². The van der Waals surface area contributed by atoms with Gasteiger partial charge in [0, 0.05) is 12.6 Å². The molecule has 0 aromatic carbocycles. The predicted octanol–water partition coefficient (Wildman–Crippen LogP) is -1.10. The molecular weight excluding hydrogens is 152 g/mol. The van der Waals surface area contributed by atoms with E-state index < -0.39 is 10.0 Å². The summed E-state index contributed by atoms with van der Waals surface area (Å²) in [6.07, 6.45) is 0.725. The summed E-state index contributed by atoms with van der Waals surface area (Å²) in [5.74, 6) is 0.277. The molecule has 1 aliphatic heterocycles. The van der Waals surface area contributed by atoms with Crippen LogP contribution < -0.4 is 10.0 Å². The minimum absolute atomic E-state index is 0.106. The Morgan fingerprint density at radius 2 is 2.40 bits per heavy atom. The van der Waals surface area contributed by atoms with Gasteiger partial charge in [-0.05, 0) is 13.5 Å². The maximum Gasteiger partial charge on any atom is 0.211 e. The van der Waals surface area contributed by atoms with Crippen molar-refractivity contribution in [2.24, 2.45) is 0 Å². The Labute approximate surface area is 61.1 Å². The molecule has 2 N–H and O–H groups in total. The van der Waals surface area contributed by atoms with Crippen LogP contribution in [0.5, 0.6) is 0 Å². The highest BCUT2D eigenvalue weighted by atomic mass is 32.2. The zero-order chi connectivity index (χ0) is 7.61. The maximum atomic E-state index is 10.8. The van der Waals surface area contributed by atoms with Crippen LogP contribution in [0.15, 0.2) is 0 Å². The van der Waals surface area contributed by atoms with Crippen molar-refractivity contribution in [3.63, 3.8) is 0 Å². The molecule has 0 amide bonds. The molecule has 1 aliphatic rings. The van der Waals surface area contributed by atoms with E-state index in [0.717, 1.165) is 13.0 Å². The van der Waals surface area contributed by atoms with Crippen LogP contribution in [0.2, 0.25) is 0 Å². The van der Waals surface area contributed by atoms with Crippen molar-refractivity contribution >= 4 is 10.0 Å². The number of likely N-dealkylation sites (N-methyl/N-ethyl adjacent to an activating group) is 1. The monoisotopic (exact) mass is 164 g/mol. The molecule has 0 saturated carbocycles. The van der Waals surface area contributed by atoms with E-state index in [0.29, 0.717) is 0 Å². The zero-order valence-corrected chi connectivity index (χ0v) is 6.74. The van der Waals surface area contributed by atoms with Crippen molar-refractivity contribution < 1.29 is 8.42 Å². The van der Waals surface area contributed by atoms with Crippen molar-refractivity contribution in [1.29, 1.82) is 0 Å². The number of hydrogen-bond acceptors (Lipinski definition) is 3. The van der Waals surface area contributed by atoms with E-state index in [2.05, 4.69) is 10.0 Å². The van der Waals surface area contributed by atoms with Gasteiger partial charge >= 0.3 is 0 Å². The van der Waals surface area contributed by atoms with Crippen LogP contribution in [0.3, 0.4) is 0 Å². The van der Waals surface area contributed by atoms with Crippen molar-refractivity contribution in [3.8, 4) is 0 Å². The lowest BCUT2D eigenvalue weighted by molar-refractivity contribution is 0.566. The highest BCUT2D eigenvalue weighted by molar-refractivity contribution is 7.89. The summed E-state index contributed by atoms with van der Waals surface area (Å²) in [7, 11) is -1.10. The third-order valence-corrected chi connectivity index (χ3v) is 3.00. The molecule has 1 rings (SSSR count). The molecule has 60 valence electrons. The topological polar surface area (TPSA) is 58.2 Å². The van der Waals surface area contributed by atoms with Crippen LogP contribution in [0.4, 0.5) is 0 Å². The van der Waals surface area contributed by atoms with Gasteiger partial charge in [-0.15, -0.1) is 0 Å². The second-order valence-corrected chi connectivity index (χ2v) is 4.35. The van der Waals surface area contributed by atoms with E-state index in [9.17, 15) is 8.42 Å². The summed E-state index contributed by atoms with van der Waals surface area (Å²) in [6, 6.07) is 0.106. The Hall–Kier alpha value is -0.130. The van der Waals surface area contributed by atoms with E-state index in [1.165, 1.54) is 0 Å². The van der Waals surface area contributed by atoms with E-state index in [1.54, 1.807) is 0 Å². The minimum atomic E-state index is -2.91. The fourth-order valence-corrected chi connectivity index (χ4v) is 2.48. The highest BCUT2D eigenvalue weighted by Gasteiger charge is 2.25. The normalized spacial score (nSPS) is 30.7. The Bertz CT molecular complexity index is 200. The molecule has 4 nitrogen and oxygen atoms in total. The molecule has 5 heteroatoms. The fraction of sp³-hybridized carbons (Fsp3) is 1.00. The van der Waals surface area contributed by atoms with Crippen LogP contribution >= 0.6 is 0 Å². The molecule has 1 saturated heterocycles. The SMILES string of the molecule is CNCC1CCS(=O)(=O)N1. The molecule has 10 heavy (non-hydrogen) atoms. The summed E-state index contributed by atoms with van der Waals surface area (Å²) in [5, 5.41) is 2.92. The van der Waals surface area contributed by atoms with Crippen molar-refractivity contribution in [3.05, 3.63) is 0 Å². The van der Waals surface area contributed by atoms with Crippen LogP contribution in [-0.4, -0.2) is 33.8 Å². The van der Waals surface area contributed by atoms with Crippen molar-refractivity contribution in [1.82, 2.24) is 10.0 Å². The number of sulfonamides is 1. The summed E-state index contributed by atoms with van der Waals surface area (Å²) in [6.45, 7) is 0.721. The lowest BCUT2D eigenvalue weighted by Gasteiger charge is -2.05. The Morgan fingerprint density at radius 1 is 1.70 bits per heavy atom. The first-order valence-electron chi connectivity index (χ1n) is 3.28. The van der Waals surface area contributed by atoms with E-state index in [-0.39, 0.29) is 11.8 Å². The van der Waals surface area contributed by atoms with Gasteiger partial charge in [0.25, 0.3) is 0 Å². The van der Waals surface area contributed by atoms with Gasteiger partial charge in [-0.25, -0.2) is 13.1 Å². The maximum absolute atomic E-state index is 10.8. The summed E-state index contributed by atoms with van der Waals surface area (Å²) >= 11 is 0. The predicted molar refractivity (Wildman–Crippen MR) is 39.3 cm³/mol. The molecule has 0 aliphatic carbocycles. The Morgan fingerprint density at radius 3 is 2.80 bits per heavy atom. The van der Waals surface area contributed by atoms with Crippen LogP contribution in [0.1, 0.15) is 6.42 Å². The molecule has 0 radical (unpaired) electrons. The number of nitrogens with one attached hydrogen (secondary N) is 2. The van der Waals surface area contributed by atoms with Gasteiger partial charge in [0.05, 0.1) is 5.75 Å². The van der Waals surface area contributed by atoms with E-state index >= 15 is 0 Å². The first kappa shape index (κ1) is 7.97. The third-order valence-electron chi connectivity index (χ3n) is 1.53. The summed E-state index contributed by atoms with van der Waals surface area (Å²) < 4.78 is 24.1. The first-order valence-corrected chi connectivity index (χ1v) is 4.94. The lowest BCUT2D eigenvalue weighted by Crippen LogP contribution is -2.33. The molecule has 1 heterocycles. The number of rotatable bonds is 2. The molecule has 1 atom stereocenters. The van der Waals surface area contributed by atoms with Crippen molar-refractivity contribution in [2.75, 3.05) is 19.3 Å². The Kier molecular flexibility index (Phi) is 2.28. The van der Waals surface area contributed by atoms with Gasteiger partial charge in [0.15, 0.2) is 0 Å². The molecule has 0 bridgehead atoms. The summed E-state index contributed by atoms with van der Waals surface area (Å²) in [4.78, 5) is 0. The smallest absolute Gasteiger partial charge is 0.211 e. The quantitative estimate of drug-likeness (QED) is 0.544. The van der Waals surface area contributed by atoms with Crippen molar-refractivity contribution in [2.45, 2.75) is 12.5 Å². The number of hydrogen-bond donors (Lipinski definition) is 2. The second-order valence-electron chi connectivity index (χ2n) is 2.48. The van der Waals surface area contributed by atoms with Gasteiger partial charge in [-0.1, -0.05) is 0 Å². The second kappa shape index (κ2) is 2.86. The molecule has 1 unspecified atom stereocenters. The van der Waals surface area contributed by atoms with E-state index in [1.807, 2.05) is 7.05 Å². The van der Waals surface area contributed by atoms with Gasteiger partial charge < -0.3 is 5.32 Å². The average molecular weight is 164 g/mol. The van der Waals surface area contributed by atoms with Crippen LogP contribution in [0, 0.1) is 0 Å². The minimum Gasteiger partial charge on any atom is -0.318 e. The van der Waals surface area contributed by atoms with E-state index in [4.69, 9.17) is 0 Å². The lowest BCUT2D eigenvalue weighted by atomic mass is 10.2. The molecule has 0 aromatic rings.